The zero-order chi connectivity index (χ0) is 16.3. The first-order chi connectivity index (χ1) is 10.3. The maximum atomic E-state index is 11.8. The molecule has 122 valence electrons. The molecule has 1 fully saturated rings. The van der Waals surface area contributed by atoms with Gasteiger partial charge in [-0.2, -0.15) is 0 Å². The molecule has 0 saturated carbocycles. The van der Waals surface area contributed by atoms with Gasteiger partial charge in [0.1, 0.15) is 5.60 Å². The van der Waals surface area contributed by atoms with Gasteiger partial charge in [0.25, 0.3) is 0 Å². The highest BCUT2D eigenvalue weighted by molar-refractivity contribution is 6.33. The molecular weight excluding hydrogens is 302 g/mol. The number of nitrogens with one attached hydrogen (secondary N) is 2. The van der Waals surface area contributed by atoms with E-state index in [0.29, 0.717) is 16.8 Å². The van der Waals surface area contributed by atoms with Gasteiger partial charge < -0.3 is 10.1 Å². The molecule has 1 unspecified atom stereocenters. The fourth-order valence-electron chi connectivity index (χ4n) is 2.43. The largest absolute Gasteiger partial charge is 0.444 e. The molecule has 6 heteroatoms. The highest BCUT2D eigenvalue weighted by Crippen LogP contribution is 2.29. The number of ether oxygens (including phenoxy) is 1. The summed E-state index contributed by atoms with van der Waals surface area (Å²) < 4.78 is 5.23. The van der Waals surface area contributed by atoms with E-state index in [2.05, 4.69) is 22.6 Å². The van der Waals surface area contributed by atoms with Gasteiger partial charge in [-0.25, -0.2) is 4.79 Å². The molecule has 22 heavy (non-hydrogen) atoms. The molecule has 1 aromatic carbocycles. The molecule has 1 aliphatic rings. The first kappa shape index (κ1) is 17.1. The third-order valence-electron chi connectivity index (χ3n) is 3.52. The van der Waals surface area contributed by atoms with Crippen LogP contribution in [0.2, 0.25) is 5.02 Å². The van der Waals surface area contributed by atoms with Gasteiger partial charge >= 0.3 is 6.09 Å². The van der Waals surface area contributed by atoms with Crippen LogP contribution in [0.5, 0.6) is 0 Å². The minimum Gasteiger partial charge on any atom is -0.444 e. The van der Waals surface area contributed by atoms with Gasteiger partial charge in [0, 0.05) is 25.7 Å². The van der Waals surface area contributed by atoms with Gasteiger partial charge in [-0.1, -0.05) is 17.7 Å². The summed E-state index contributed by atoms with van der Waals surface area (Å²) in [6.45, 7) is 8.36. The summed E-state index contributed by atoms with van der Waals surface area (Å²) in [6.07, 6.45) is -0.501. The fourth-order valence-corrected chi connectivity index (χ4v) is 2.67. The second-order valence-electron chi connectivity index (χ2n) is 6.57. The Hall–Kier alpha value is -1.30. The van der Waals surface area contributed by atoms with Gasteiger partial charge in [0.05, 0.1) is 10.7 Å². The van der Waals surface area contributed by atoms with Crippen molar-refractivity contribution in [1.82, 2.24) is 10.2 Å². The number of benzene rings is 1. The Balaban J connectivity index is 2.08. The van der Waals surface area contributed by atoms with E-state index in [4.69, 9.17) is 16.3 Å². The maximum Gasteiger partial charge on any atom is 0.412 e. The van der Waals surface area contributed by atoms with Gasteiger partial charge in [-0.3, -0.25) is 10.2 Å². The normalized spacial score (nSPS) is 19.8. The molecule has 5 nitrogen and oxygen atoms in total. The molecule has 1 heterocycles. The Morgan fingerprint density at radius 1 is 1.45 bits per heavy atom. The van der Waals surface area contributed by atoms with E-state index in [0.717, 1.165) is 25.2 Å². The van der Waals surface area contributed by atoms with Crippen molar-refractivity contribution in [3.05, 3.63) is 28.8 Å². The third-order valence-corrected chi connectivity index (χ3v) is 3.84. The van der Waals surface area contributed by atoms with Crippen LogP contribution in [-0.2, 0) is 4.74 Å². The molecule has 1 aliphatic heterocycles. The van der Waals surface area contributed by atoms with E-state index in [-0.39, 0.29) is 0 Å². The Labute approximate surface area is 137 Å². The van der Waals surface area contributed by atoms with E-state index in [1.807, 2.05) is 39.0 Å². The van der Waals surface area contributed by atoms with Crippen molar-refractivity contribution in [3.63, 3.8) is 0 Å². The summed E-state index contributed by atoms with van der Waals surface area (Å²) in [4.78, 5) is 14.1. The molecule has 1 saturated heterocycles. The molecular formula is C16H24ClN3O2. The van der Waals surface area contributed by atoms with E-state index in [9.17, 15) is 4.79 Å². The lowest BCUT2D eigenvalue weighted by atomic mass is 10.0. The van der Waals surface area contributed by atoms with Crippen molar-refractivity contribution >= 4 is 23.4 Å². The summed E-state index contributed by atoms with van der Waals surface area (Å²) in [5.41, 5.74) is 1.16. The van der Waals surface area contributed by atoms with Crippen LogP contribution in [0, 0.1) is 0 Å². The van der Waals surface area contributed by atoms with Crippen molar-refractivity contribution in [3.8, 4) is 0 Å². The minimum absolute atomic E-state index is 0.293. The fraction of sp³-hybridized carbons (Fsp3) is 0.562. The lowest BCUT2D eigenvalue weighted by molar-refractivity contribution is 0.0636. The van der Waals surface area contributed by atoms with Crippen LogP contribution >= 0.6 is 11.6 Å². The standard InChI is InChI=1S/C16H24ClN3O2/c1-16(2,3)22-15(21)19-13-6-5-11(9-12(13)17)14-10-18-7-8-20(14)4/h5-6,9,14,18H,7-8,10H2,1-4H3,(H,19,21). The number of amides is 1. The predicted octanol–water partition coefficient (Wildman–Crippen LogP) is 3.26. The summed E-state index contributed by atoms with van der Waals surface area (Å²) >= 11 is 6.30. The van der Waals surface area contributed by atoms with Crippen LogP contribution in [0.4, 0.5) is 10.5 Å². The third kappa shape index (κ3) is 4.60. The van der Waals surface area contributed by atoms with E-state index >= 15 is 0 Å². The zero-order valence-corrected chi connectivity index (χ0v) is 14.3. The average Bonchev–Trinajstić information content (AvgIpc) is 2.39. The first-order valence-corrected chi connectivity index (χ1v) is 7.84. The number of piperazine rings is 1. The number of likely N-dealkylation sites (N-methyl/N-ethyl adjacent to an activating group) is 1. The van der Waals surface area contributed by atoms with Gasteiger partial charge in [0.15, 0.2) is 0 Å². The van der Waals surface area contributed by atoms with E-state index in [1.54, 1.807) is 0 Å². The summed E-state index contributed by atoms with van der Waals surface area (Å²) in [5, 5.41) is 6.58. The number of rotatable bonds is 2. The quantitative estimate of drug-likeness (QED) is 0.876. The molecule has 0 spiro atoms. The number of carbonyl (C=O) groups is 1. The summed E-state index contributed by atoms with van der Waals surface area (Å²) in [6, 6.07) is 6.01. The highest BCUT2D eigenvalue weighted by atomic mass is 35.5. The Bertz CT molecular complexity index is 543. The molecule has 2 N–H and O–H groups in total. The molecule has 0 bridgehead atoms. The summed E-state index contributed by atoms with van der Waals surface area (Å²) in [5.74, 6) is 0. The molecule has 2 rings (SSSR count). The molecule has 0 radical (unpaired) electrons. The number of anilines is 1. The van der Waals surface area contributed by atoms with Crippen LogP contribution in [0.1, 0.15) is 32.4 Å². The predicted molar refractivity (Wildman–Crippen MR) is 89.5 cm³/mol. The zero-order valence-electron chi connectivity index (χ0n) is 13.6. The van der Waals surface area contributed by atoms with Crippen LogP contribution in [-0.4, -0.2) is 43.3 Å². The lowest BCUT2D eigenvalue weighted by Crippen LogP contribution is -2.43. The van der Waals surface area contributed by atoms with Gasteiger partial charge in [-0.15, -0.1) is 0 Å². The van der Waals surface area contributed by atoms with Crippen molar-refractivity contribution in [1.29, 1.82) is 0 Å². The number of nitrogens with zero attached hydrogens (tertiary/aromatic N) is 1. The molecule has 1 amide bonds. The highest BCUT2D eigenvalue weighted by Gasteiger charge is 2.22. The van der Waals surface area contributed by atoms with Gasteiger partial charge in [0.2, 0.25) is 0 Å². The topological polar surface area (TPSA) is 53.6 Å². The van der Waals surface area contributed by atoms with Crippen molar-refractivity contribution < 1.29 is 9.53 Å². The van der Waals surface area contributed by atoms with Crippen molar-refractivity contribution in [2.45, 2.75) is 32.4 Å². The lowest BCUT2D eigenvalue weighted by Gasteiger charge is -2.33. The minimum atomic E-state index is -0.535. The monoisotopic (exact) mass is 325 g/mol. The number of hydrogen-bond acceptors (Lipinski definition) is 4. The Morgan fingerprint density at radius 2 is 2.18 bits per heavy atom. The molecule has 0 aromatic heterocycles. The summed E-state index contributed by atoms with van der Waals surface area (Å²) in [7, 11) is 2.10. The first-order valence-electron chi connectivity index (χ1n) is 7.47. The smallest absolute Gasteiger partial charge is 0.412 e. The van der Waals surface area contributed by atoms with Crippen LogP contribution in [0.25, 0.3) is 0 Å². The number of hydrogen-bond donors (Lipinski definition) is 2. The van der Waals surface area contributed by atoms with Crippen molar-refractivity contribution in [2.24, 2.45) is 0 Å². The van der Waals surface area contributed by atoms with Crippen LogP contribution < -0.4 is 10.6 Å². The average molecular weight is 326 g/mol. The van der Waals surface area contributed by atoms with Crippen molar-refractivity contribution in [2.75, 3.05) is 32.0 Å². The Kier molecular flexibility index (Phi) is 5.32. The van der Waals surface area contributed by atoms with E-state index in [1.165, 1.54) is 0 Å². The van der Waals surface area contributed by atoms with Gasteiger partial charge in [-0.05, 0) is 45.5 Å². The number of halogens is 1. The second-order valence-corrected chi connectivity index (χ2v) is 6.97. The van der Waals surface area contributed by atoms with Crippen LogP contribution in [0.3, 0.4) is 0 Å². The maximum absolute atomic E-state index is 11.8. The molecule has 1 atom stereocenters. The Morgan fingerprint density at radius 3 is 2.77 bits per heavy atom. The van der Waals surface area contributed by atoms with Crippen LogP contribution in [0.15, 0.2) is 18.2 Å². The SMILES string of the molecule is CN1CCNCC1c1ccc(NC(=O)OC(C)(C)C)c(Cl)c1. The molecule has 0 aliphatic carbocycles. The molecule has 1 aromatic rings. The second kappa shape index (κ2) is 6.86. The van der Waals surface area contributed by atoms with E-state index < -0.39 is 11.7 Å². The number of carbonyl (C=O) groups excluding carboxylic acids is 1.